The Morgan fingerprint density at radius 1 is 1.08 bits per heavy atom. The third-order valence-electron chi connectivity index (χ3n) is 3.87. The molecule has 0 saturated heterocycles. The number of carbonyl (C=O) groups is 3. The minimum absolute atomic E-state index is 0.224. The van der Waals surface area contributed by atoms with Crippen molar-refractivity contribution in [3.05, 3.63) is 71.3 Å². The molecule has 0 aliphatic carbocycles. The zero-order valence-corrected chi connectivity index (χ0v) is 14.0. The molecule has 26 heavy (non-hydrogen) atoms. The normalized spacial score (nSPS) is 12.8. The van der Waals surface area contributed by atoms with Gasteiger partial charge in [-0.25, -0.2) is 4.79 Å². The van der Waals surface area contributed by atoms with Crippen LogP contribution in [0.15, 0.2) is 54.6 Å². The summed E-state index contributed by atoms with van der Waals surface area (Å²) < 4.78 is 5.11. The van der Waals surface area contributed by atoms with E-state index in [1.165, 1.54) is 0 Å². The van der Waals surface area contributed by atoms with E-state index >= 15 is 0 Å². The quantitative estimate of drug-likeness (QED) is 0.619. The molecule has 0 saturated carbocycles. The van der Waals surface area contributed by atoms with Gasteiger partial charge in [-0.05, 0) is 23.6 Å². The van der Waals surface area contributed by atoms with Gasteiger partial charge in [0.1, 0.15) is 6.61 Å². The number of carbonyl (C=O) groups excluding carboxylic acids is 3. The number of benzene rings is 2. The lowest BCUT2D eigenvalue weighted by Crippen LogP contribution is -2.24. The Hall–Kier alpha value is -3.41. The molecule has 0 aromatic heterocycles. The molecule has 2 amide bonds. The molecular formula is C20H18N2O4. The van der Waals surface area contributed by atoms with Crippen molar-refractivity contribution in [3.63, 3.8) is 0 Å². The molecule has 0 bridgehead atoms. The molecule has 132 valence electrons. The number of amides is 2. The molecular weight excluding hydrogens is 332 g/mol. The molecule has 1 aliphatic heterocycles. The second-order valence-corrected chi connectivity index (χ2v) is 5.73. The highest BCUT2D eigenvalue weighted by atomic mass is 16.5. The van der Waals surface area contributed by atoms with E-state index in [4.69, 9.17) is 4.74 Å². The first-order valence-corrected chi connectivity index (χ1v) is 8.25. The van der Waals surface area contributed by atoms with Crippen LogP contribution in [0.2, 0.25) is 0 Å². The summed E-state index contributed by atoms with van der Waals surface area (Å²) in [6.07, 6.45) is 3.70. The minimum Gasteiger partial charge on any atom is -0.445 e. The van der Waals surface area contributed by atoms with Crippen molar-refractivity contribution in [1.29, 1.82) is 0 Å². The van der Waals surface area contributed by atoms with E-state index < -0.39 is 17.8 Å². The van der Waals surface area contributed by atoms with Crippen LogP contribution in [0.1, 0.15) is 27.9 Å². The summed E-state index contributed by atoms with van der Waals surface area (Å²) in [7, 11) is 0. The number of Topliss-reactive ketones (excluding diaryl/α,β-unsaturated/α-hetero) is 1. The molecule has 2 aromatic rings. The summed E-state index contributed by atoms with van der Waals surface area (Å²) in [6.45, 7) is 0.631. The second kappa shape index (κ2) is 8.11. The highest BCUT2D eigenvalue weighted by Gasteiger charge is 2.29. The Kier molecular flexibility index (Phi) is 5.43. The van der Waals surface area contributed by atoms with Crippen LogP contribution in [0, 0.1) is 0 Å². The van der Waals surface area contributed by atoms with Crippen LogP contribution >= 0.6 is 0 Å². The lowest BCUT2D eigenvalue weighted by Gasteiger charge is -2.06. The summed E-state index contributed by atoms with van der Waals surface area (Å²) in [6, 6.07) is 14.7. The molecule has 2 N–H and O–H groups in total. The fourth-order valence-corrected chi connectivity index (χ4v) is 2.60. The van der Waals surface area contributed by atoms with Gasteiger partial charge in [0, 0.05) is 6.54 Å². The Morgan fingerprint density at radius 2 is 1.88 bits per heavy atom. The van der Waals surface area contributed by atoms with Crippen molar-refractivity contribution in [2.75, 3.05) is 11.9 Å². The van der Waals surface area contributed by atoms with Crippen LogP contribution in [-0.2, 0) is 16.1 Å². The van der Waals surface area contributed by atoms with Crippen LogP contribution in [0.3, 0.4) is 0 Å². The Balaban J connectivity index is 1.44. The van der Waals surface area contributed by atoms with Crippen molar-refractivity contribution in [2.24, 2.45) is 0 Å². The second-order valence-electron chi connectivity index (χ2n) is 5.73. The van der Waals surface area contributed by atoms with Crippen LogP contribution in [0.5, 0.6) is 0 Å². The van der Waals surface area contributed by atoms with Gasteiger partial charge in [-0.1, -0.05) is 54.6 Å². The molecule has 0 unspecified atom stereocenters. The smallest absolute Gasteiger partial charge is 0.407 e. The summed E-state index contributed by atoms with van der Waals surface area (Å²) in [5, 5.41) is 5.20. The molecule has 0 atom stereocenters. The third kappa shape index (κ3) is 4.16. The van der Waals surface area contributed by atoms with Gasteiger partial charge in [-0.15, -0.1) is 0 Å². The van der Waals surface area contributed by atoms with E-state index in [1.807, 2.05) is 36.4 Å². The predicted molar refractivity (Wildman–Crippen MR) is 97.7 cm³/mol. The van der Waals surface area contributed by atoms with Gasteiger partial charge in [-0.3, -0.25) is 9.59 Å². The van der Waals surface area contributed by atoms with Crippen molar-refractivity contribution < 1.29 is 19.1 Å². The maximum absolute atomic E-state index is 11.9. The summed E-state index contributed by atoms with van der Waals surface area (Å²) >= 11 is 0. The number of rotatable bonds is 6. The summed E-state index contributed by atoms with van der Waals surface area (Å²) in [4.78, 5) is 35.0. The minimum atomic E-state index is -0.608. The highest BCUT2D eigenvalue weighted by Crippen LogP contribution is 2.27. The van der Waals surface area contributed by atoms with Gasteiger partial charge in [-0.2, -0.15) is 0 Å². The van der Waals surface area contributed by atoms with Gasteiger partial charge in [0.25, 0.3) is 11.7 Å². The number of ketones is 1. The zero-order valence-electron chi connectivity index (χ0n) is 14.0. The monoisotopic (exact) mass is 350 g/mol. The van der Waals surface area contributed by atoms with Crippen molar-refractivity contribution in [2.45, 2.75) is 13.0 Å². The van der Waals surface area contributed by atoms with Crippen molar-refractivity contribution >= 4 is 29.5 Å². The van der Waals surface area contributed by atoms with E-state index in [1.54, 1.807) is 24.3 Å². The number of nitrogens with one attached hydrogen (secondary N) is 2. The van der Waals surface area contributed by atoms with E-state index in [-0.39, 0.29) is 6.61 Å². The molecule has 0 spiro atoms. The van der Waals surface area contributed by atoms with Crippen LogP contribution < -0.4 is 10.6 Å². The van der Waals surface area contributed by atoms with Gasteiger partial charge >= 0.3 is 6.09 Å². The predicted octanol–water partition coefficient (Wildman–Crippen LogP) is 3.15. The number of hydrogen-bond acceptors (Lipinski definition) is 4. The van der Waals surface area contributed by atoms with Crippen LogP contribution in [-0.4, -0.2) is 24.3 Å². The molecule has 1 aliphatic rings. The zero-order chi connectivity index (χ0) is 18.4. The lowest BCUT2D eigenvalue weighted by atomic mass is 10.0. The number of hydrogen-bond donors (Lipinski definition) is 2. The Morgan fingerprint density at radius 3 is 2.69 bits per heavy atom. The Bertz CT molecular complexity index is 859. The first-order valence-electron chi connectivity index (χ1n) is 8.25. The fourth-order valence-electron chi connectivity index (χ4n) is 2.60. The van der Waals surface area contributed by atoms with E-state index in [2.05, 4.69) is 10.6 Å². The topological polar surface area (TPSA) is 84.5 Å². The van der Waals surface area contributed by atoms with Crippen molar-refractivity contribution in [3.8, 4) is 0 Å². The molecule has 3 rings (SSSR count). The summed E-state index contributed by atoms with van der Waals surface area (Å²) in [5.74, 6) is -1.13. The van der Waals surface area contributed by atoms with Crippen molar-refractivity contribution in [1.82, 2.24) is 5.32 Å². The average molecular weight is 350 g/mol. The maximum atomic E-state index is 11.9. The fraction of sp³-hybridized carbons (Fsp3) is 0.150. The van der Waals surface area contributed by atoms with Gasteiger partial charge in [0.05, 0.1) is 11.3 Å². The van der Waals surface area contributed by atoms with Gasteiger partial charge in [0.2, 0.25) is 0 Å². The first-order chi connectivity index (χ1) is 12.6. The van der Waals surface area contributed by atoms with E-state index in [0.29, 0.717) is 29.8 Å². The van der Waals surface area contributed by atoms with Gasteiger partial charge < -0.3 is 15.4 Å². The molecule has 2 aromatic carbocycles. The Labute approximate surface area is 150 Å². The number of ether oxygens (including phenoxy) is 1. The van der Waals surface area contributed by atoms with Gasteiger partial charge in [0.15, 0.2) is 0 Å². The largest absolute Gasteiger partial charge is 0.445 e. The van der Waals surface area contributed by atoms with Crippen LogP contribution in [0.25, 0.3) is 6.08 Å². The molecule has 0 radical (unpaired) electrons. The standard InChI is InChI=1S/C20H18N2O4/c23-18-17-15(10-6-11-16(17)22-19(18)24)9-4-5-12-21-20(25)26-13-14-7-2-1-3-8-14/h1-4,6-11H,5,12-13H2,(H,21,25)(H,22,23,24). The van der Waals surface area contributed by atoms with Crippen LogP contribution in [0.4, 0.5) is 10.5 Å². The number of anilines is 1. The molecule has 6 heteroatoms. The molecule has 6 nitrogen and oxygen atoms in total. The maximum Gasteiger partial charge on any atom is 0.407 e. The number of alkyl carbamates (subject to hydrolysis) is 1. The highest BCUT2D eigenvalue weighted by molar-refractivity contribution is 6.52. The molecule has 1 heterocycles. The summed E-state index contributed by atoms with van der Waals surface area (Å²) in [5.41, 5.74) is 2.53. The number of fused-ring (bicyclic) bond motifs is 1. The average Bonchev–Trinajstić information content (AvgIpc) is 2.95. The van der Waals surface area contributed by atoms with E-state index in [9.17, 15) is 14.4 Å². The SMILES string of the molecule is O=C(NCCC=Cc1cccc2c1C(=O)C(=O)N2)OCc1ccccc1. The van der Waals surface area contributed by atoms with E-state index in [0.717, 1.165) is 5.56 Å². The third-order valence-corrected chi connectivity index (χ3v) is 3.87. The molecule has 0 fully saturated rings. The lowest BCUT2D eigenvalue weighted by molar-refractivity contribution is -0.112. The first kappa shape index (κ1) is 17.4.